The summed E-state index contributed by atoms with van der Waals surface area (Å²) >= 11 is 0. The van der Waals surface area contributed by atoms with E-state index < -0.39 is 15.6 Å². The van der Waals surface area contributed by atoms with Crippen LogP contribution in [0.15, 0.2) is 6.33 Å². The number of piperidine rings is 3. The molecule has 5 heterocycles. The van der Waals surface area contributed by atoms with Crippen molar-refractivity contribution in [2.45, 2.75) is 96.6 Å². The van der Waals surface area contributed by atoms with E-state index in [2.05, 4.69) is 28.7 Å². The summed E-state index contributed by atoms with van der Waals surface area (Å²) in [5, 5.41) is 0. The quantitative estimate of drug-likeness (QED) is 0.425. The van der Waals surface area contributed by atoms with Gasteiger partial charge in [0.05, 0.1) is 23.2 Å². The predicted molar refractivity (Wildman–Crippen MR) is 169 cm³/mol. The molecule has 0 saturated carbocycles. The Bertz CT molecular complexity index is 1280. The number of unbranched alkanes of at least 4 members (excludes halogenated alkanes) is 1. The third-order valence-corrected chi connectivity index (χ3v) is 12.4. The standard InChI is InChI=1S/C32H52N6O5S/c1-6-7-8-27-22-36(21-26-9-15-38(16-10-26)44(5,41)42)30(40)43-32(27)13-19-37(20-14-32)31(4)11-17-35(18-12-31)29(39)28-24(2)33-23-34-25(28)3/h23,26-27H,6-22H2,1-5H3. The third-order valence-electron chi connectivity index (χ3n) is 11.1. The molecule has 1 atom stereocenters. The number of likely N-dealkylation sites (tertiary alicyclic amines) is 2. The lowest BCUT2D eigenvalue weighted by atomic mass is 9.74. The van der Waals surface area contributed by atoms with E-state index in [0.29, 0.717) is 50.1 Å². The second-order valence-corrected chi connectivity index (χ2v) is 16.0. The fraction of sp³-hybridized carbons (Fsp3) is 0.812. The molecule has 0 radical (unpaired) electrons. The summed E-state index contributed by atoms with van der Waals surface area (Å²) in [5.41, 5.74) is 1.66. The van der Waals surface area contributed by atoms with E-state index in [1.54, 1.807) is 4.31 Å². The van der Waals surface area contributed by atoms with Gasteiger partial charge in [-0.1, -0.05) is 19.8 Å². The average molecular weight is 633 g/mol. The number of aromatic nitrogens is 2. The molecule has 4 saturated heterocycles. The lowest BCUT2D eigenvalue weighted by molar-refractivity contribution is -0.134. The molecular formula is C32H52N6O5S. The van der Waals surface area contributed by atoms with Crippen LogP contribution in [0.4, 0.5) is 4.79 Å². The molecule has 4 fully saturated rings. The van der Waals surface area contributed by atoms with E-state index in [4.69, 9.17) is 4.74 Å². The number of carbonyl (C=O) groups is 2. The van der Waals surface area contributed by atoms with E-state index >= 15 is 0 Å². The first kappa shape index (κ1) is 33.1. The zero-order valence-electron chi connectivity index (χ0n) is 27.4. The zero-order chi connectivity index (χ0) is 31.7. The number of nitrogens with zero attached hydrogens (tertiary/aromatic N) is 6. The van der Waals surface area contributed by atoms with Crippen LogP contribution in [0.5, 0.6) is 0 Å². The van der Waals surface area contributed by atoms with Crippen LogP contribution < -0.4 is 0 Å². The van der Waals surface area contributed by atoms with Crippen molar-refractivity contribution >= 4 is 22.0 Å². The molecule has 1 aromatic rings. The molecule has 0 N–H and O–H groups in total. The van der Waals surface area contributed by atoms with Gasteiger partial charge in [-0.05, 0) is 58.8 Å². The van der Waals surface area contributed by atoms with Crippen LogP contribution in [-0.4, -0.2) is 119 Å². The molecule has 5 rings (SSSR count). The molecule has 11 nitrogen and oxygen atoms in total. The lowest BCUT2D eigenvalue weighted by Gasteiger charge is -2.55. The van der Waals surface area contributed by atoms with Crippen LogP contribution in [-0.2, 0) is 14.8 Å². The fourth-order valence-corrected chi connectivity index (χ4v) is 8.90. The van der Waals surface area contributed by atoms with E-state index in [1.165, 1.54) is 12.6 Å². The molecule has 44 heavy (non-hydrogen) atoms. The van der Waals surface area contributed by atoms with Crippen LogP contribution >= 0.6 is 0 Å². The van der Waals surface area contributed by atoms with Gasteiger partial charge in [0.1, 0.15) is 11.9 Å². The van der Waals surface area contributed by atoms with E-state index in [0.717, 1.165) is 88.8 Å². The van der Waals surface area contributed by atoms with Gasteiger partial charge in [-0.3, -0.25) is 9.69 Å². The molecule has 12 heteroatoms. The maximum atomic E-state index is 13.4. The van der Waals surface area contributed by atoms with Crippen molar-refractivity contribution < 1.29 is 22.7 Å². The number of sulfonamides is 1. The van der Waals surface area contributed by atoms with Gasteiger partial charge in [0, 0.05) is 76.7 Å². The van der Waals surface area contributed by atoms with Crippen molar-refractivity contribution in [3.8, 4) is 0 Å². The first-order valence-electron chi connectivity index (χ1n) is 16.6. The molecule has 0 aliphatic carbocycles. The summed E-state index contributed by atoms with van der Waals surface area (Å²) in [7, 11) is -3.17. The Morgan fingerprint density at radius 3 is 2.18 bits per heavy atom. The van der Waals surface area contributed by atoms with Crippen molar-refractivity contribution in [2.24, 2.45) is 11.8 Å². The van der Waals surface area contributed by atoms with Crippen molar-refractivity contribution in [3.63, 3.8) is 0 Å². The number of hydrogen-bond donors (Lipinski definition) is 0. The monoisotopic (exact) mass is 632 g/mol. The molecule has 1 unspecified atom stereocenters. The molecular weight excluding hydrogens is 580 g/mol. The fourth-order valence-electron chi connectivity index (χ4n) is 8.02. The van der Waals surface area contributed by atoms with Crippen molar-refractivity contribution in [1.82, 2.24) is 29.0 Å². The number of amides is 2. The Hall–Kier alpha value is -2.31. The van der Waals surface area contributed by atoms with Crippen LogP contribution in [0.2, 0.25) is 0 Å². The Balaban J connectivity index is 1.18. The second kappa shape index (κ2) is 13.2. The highest BCUT2D eigenvalue weighted by atomic mass is 32.2. The Kier molecular flexibility index (Phi) is 9.92. The van der Waals surface area contributed by atoms with Crippen molar-refractivity contribution in [2.75, 3.05) is 58.6 Å². The molecule has 2 amide bonds. The van der Waals surface area contributed by atoms with Gasteiger partial charge < -0.3 is 14.5 Å². The van der Waals surface area contributed by atoms with Crippen LogP contribution in [0.3, 0.4) is 0 Å². The smallest absolute Gasteiger partial charge is 0.410 e. The number of ether oxygens (including phenoxy) is 1. The second-order valence-electron chi connectivity index (χ2n) is 14.0. The number of rotatable bonds is 8. The summed E-state index contributed by atoms with van der Waals surface area (Å²) in [4.78, 5) is 41.7. The first-order chi connectivity index (χ1) is 20.8. The topological polar surface area (TPSA) is 116 Å². The highest BCUT2D eigenvalue weighted by molar-refractivity contribution is 7.88. The summed E-state index contributed by atoms with van der Waals surface area (Å²) < 4.78 is 31.8. The highest BCUT2D eigenvalue weighted by Crippen LogP contribution is 2.43. The number of aryl methyl sites for hydroxylation is 2. The maximum absolute atomic E-state index is 13.4. The highest BCUT2D eigenvalue weighted by Gasteiger charge is 2.52. The third kappa shape index (κ3) is 6.92. The molecule has 0 bridgehead atoms. The van der Waals surface area contributed by atoms with Gasteiger partial charge in [-0.15, -0.1) is 0 Å². The Labute approximate surface area is 263 Å². The van der Waals surface area contributed by atoms with Gasteiger partial charge in [0.25, 0.3) is 5.91 Å². The summed E-state index contributed by atoms with van der Waals surface area (Å²) in [6, 6.07) is 0. The van der Waals surface area contributed by atoms with Crippen LogP contribution in [0, 0.1) is 25.7 Å². The average Bonchev–Trinajstić information content (AvgIpc) is 2.98. The van der Waals surface area contributed by atoms with Crippen molar-refractivity contribution in [1.29, 1.82) is 0 Å². The molecule has 0 aromatic carbocycles. The summed E-state index contributed by atoms with van der Waals surface area (Å²) in [5.74, 6) is 0.618. The molecule has 4 aliphatic rings. The summed E-state index contributed by atoms with van der Waals surface area (Å²) in [6.07, 6.45) is 10.9. The SMILES string of the molecule is CCCCC1CN(CC2CCN(S(C)(=O)=O)CC2)C(=O)OC12CCN(C1(C)CCN(C(=O)c3c(C)ncnc3C)CC1)CC2. The number of hydrogen-bond acceptors (Lipinski definition) is 8. The van der Waals surface area contributed by atoms with Gasteiger partial charge in [0.2, 0.25) is 10.0 Å². The van der Waals surface area contributed by atoms with Crippen LogP contribution in [0.1, 0.15) is 93.4 Å². The maximum Gasteiger partial charge on any atom is 0.410 e. The molecule has 1 spiro atoms. The largest absolute Gasteiger partial charge is 0.442 e. The predicted octanol–water partition coefficient (Wildman–Crippen LogP) is 3.85. The van der Waals surface area contributed by atoms with Gasteiger partial charge in [-0.25, -0.2) is 27.5 Å². The number of carbonyl (C=O) groups excluding carboxylic acids is 2. The van der Waals surface area contributed by atoms with Crippen LogP contribution in [0.25, 0.3) is 0 Å². The minimum Gasteiger partial charge on any atom is -0.442 e. The molecule has 1 aromatic heterocycles. The molecule has 4 aliphatic heterocycles. The van der Waals surface area contributed by atoms with Gasteiger partial charge >= 0.3 is 6.09 Å². The zero-order valence-corrected chi connectivity index (χ0v) is 28.2. The van der Waals surface area contributed by atoms with Gasteiger partial charge in [0.15, 0.2) is 0 Å². The van der Waals surface area contributed by atoms with Gasteiger partial charge in [-0.2, -0.15) is 0 Å². The minimum absolute atomic E-state index is 0.000127. The lowest BCUT2D eigenvalue weighted by Crippen LogP contribution is -2.64. The summed E-state index contributed by atoms with van der Waals surface area (Å²) in [6.45, 7) is 13.9. The molecule has 246 valence electrons. The van der Waals surface area contributed by atoms with E-state index in [9.17, 15) is 18.0 Å². The van der Waals surface area contributed by atoms with E-state index in [-0.39, 0.29) is 17.5 Å². The Morgan fingerprint density at radius 2 is 1.61 bits per heavy atom. The Morgan fingerprint density at radius 1 is 1.00 bits per heavy atom. The van der Waals surface area contributed by atoms with E-state index in [1.807, 2.05) is 23.6 Å². The first-order valence-corrected chi connectivity index (χ1v) is 18.5. The minimum atomic E-state index is -3.17. The normalized spacial score (nSPS) is 25.3. The van der Waals surface area contributed by atoms with Crippen molar-refractivity contribution in [3.05, 3.63) is 23.3 Å².